The second-order valence-corrected chi connectivity index (χ2v) is 5.84. The molecule has 0 aliphatic heterocycles. The normalized spacial score (nSPS) is 12.3. The molecule has 1 unspecified atom stereocenters. The number of nitrogens with zero attached hydrogens (tertiary/aromatic N) is 1. The number of rotatable bonds is 12. The summed E-state index contributed by atoms with van der Waals surface area (Å²) in [4.78, 5) is 14.3. The number of benzene rings is 1. The van der Waals surface area contributed by atoms with Crippen molar-refractivity contribution in [1.29, 1.82) is 0 Å². The van der Waals surface area contributed by atoms with Crippen molar-refractivity contribution < 1.29 is 14.6 Å². The minimum Gasteiger partial charge on any atom is -0.466 e. The number of hydrogen-bond donors (Lipinski definition) is 1. The highest BCUT2D eigenvalue weighted by molar-refractivity contribution is 5.70. The highest BCUT2D eigenvalue weighted by Gasteiger charge is 2.22. The van der Waals surface area contributed by atoms with Gasteiger partial charge in [-0.2, -0.15) is 0 Å². The maximum Gasteiger partial charge on any atom is 0.307 e. The van der Waals surface area contributed by atoms with Gasteiger partial charge >= 0.3 is 5.97 Å². The first-order valence-corrected chi connectivity index (χ1v) is 8.75. The standard InChI is InChI=1S/C19H31NO3/c1-3-5-12-18(15-19(22)23-4-2)20(13-9-14-21)16-17-10-7-6-8-11-17/h6-8,10-11,18,21H,3-5,9,12-16H2,1-2H3. The zero-order valence-electron chi connectivity index (χ0n) is 14.5. The Balaban J connectivity index is 2.79. The molecule has 0 spiro atoms. The number of carbonyl (C=O) groups excluding carboxylic acids is 1. The van der Waals surface area contributed by atoms with Crippen LogP contribution in [-0.2, 0) is 16.1 Å². The molecule has 23 heavy (non-hydrogen) atoms. The summed E-state index contributed by atoms with van der Waals surface area (Å²) in [6, 6.07) is 10.5. The Morgan fingerprint density at radius 2 is 1.96 bits per heavy atom. The molecule has 1 aromatic rings. The van der Waals surface area contributed by atoms with Gasteiger partial charge in [0.05, 0.1) is 13.0 Å². The van der Waals surface area contributed by atoms with Gasteiger partial charge in [0, 0.05) is 25.7 Å². The zero-order valence-corrected chi connectivity index (χ0v) is 14.5. The Morgan fingerprint density at radius 1 is 1.22 bits per heavy atom. The van der Waals surface area contributed by atoms with Crippen LogP contribution in [0.2, 0.25) is 0 Å². The predicted octanol–water partition coefficient (Wildman–Crippen LogP) is 3.38. The lowest BCUT2D eigenvalue weighted by atomic mass is 10.0. The molecule has 0 aliphatic carbocycles. The molecule has 4 heteroatoms. The van der Waals surface area contributed by atoms with Gasteiger partial charge in [-0.15, -0.1) is 0 Å². The van der Waals surface area contributed by atoms with Crippen LogP contribution in [0, 0.1) is 0 Å². The molecule has 1 aromatic carbocycles. The Morgan fingerprint density at radius 3 is 2.57 bits per heavy atom. The van der Waals surface area contributed by atoms with E-state index in [0.717, 1.165) is 38.8 Å². The fourth-order valence-electron chi connectivity index (χ4n) is 2.75. The van der Waals surface area contributed by atoms with E-state index in [4.69, 9.17) is 4.74 Å². The quantitative estimate of drug-likeness (QED) is 0.600. The van der Waals surface area contributed by atoms with E-state index in [1.165, 1.54) is 5.56 Å². The molecule has 1 rings (SSSR count). The summed E-state index contributed by atoms with van der Waals surface area (Å²) >= 11 is 0. The Kier molecular flexibility index (Phi) is 10.3. The second-order valence-electron chi connectivity index (χ2n) is 5.84. The van der Waals surface area contributed by atoms with Gasteiger partial charge in [-0.05, 0) is 25.3 Å². The van der Waals surface area contributed by atoms with Crippen molar-refractivity contribution in [2.45, 2.75) is 58.5 Å². The van der Waals surface area contributed by atoms with Crippen LogP contribution >= 0.6 is 0 Å². The number of unbranched alkanes of at least 4 members (excludes halogenated alkanes) is 1. The molecule has 0 amide bonds. The number of ether oxygens (including phenoxy) is 1. The largest absolute Gasteiger partial charge is 0.466 e. The minimum absolute atomic E-state index is 0.129. The third-order valence-electron chi connectivity index (χ3n) is 3.95. The first kappa shape index (κ1) is 19.7. The van der Waals surface area contributed by atoms with Crippen LogP contribution in [0.4, 0.5) is 0 Å². The molecule has 0 heterocycles. The number of esters is 1. The van der Waals surface area contributed by atoms with Crippen LogP contribution in [0.3, 0.4) is 0 Å². The minimum atomic E-state index is -0.129. The first-order valence-electron chi connectivity index (χ1n) is 8.75. The number of carbonyl (C=O) groups is 1. The van der Waals surface area contributed by atoms with Crippen molar-refractivity contribution in [2.75, 3.05) is 19.8 Å². The van der Waals surface area contributed by atoms with Gasteiger partial charge in [0.1, 0.15) is 0 Å². The van der Waals surface area contributed by atoms with Crippen LogP contribution in [0.25, 0.3) is 0 Å². The lowest BCUT2D eigenvalue weighted by Gasteiger charge is -2.31. The molecule has 0 saturated carbocycles. The van der Waals surface area contributed by atoms with Gasteiger partial charge in [-0.3, -0.25) is 9.69 Å². The van der Waals surface area contributed by atoms with E-state index >= 15 is 0 Å². The molecular weight excluding hydrogens is 290 g/mol. The highest BCUT2D eigenvalue weighted by Crippen LogP contribution is 2.17. The summed E-state index contributed by atoms with van der Waals surface area (Å²) in [5, 5.41) is 9.19. The summed E-state index contributed by atoms with van der Waals surface area (Å²) in [7, 11) is 0. The molecule has 0 fully saturated rings. The smallest absolute Gasteiger partial charge is 0.307 e. The lowest BCUT2D eigenvalue weighted by Crippen LogP contribution is -2.38. The van der Waals surface area contributed by atoms with Crippen molar-refractivity contribution in [3.8, 4) is 0 Å². The average molecular weight is 321 g/mol. The second kappa shape index (κ2) is 12.1. The molecule has 130 valence electrons. The van der Waals surface area contributed by atoms with Crippen LogP contribution in [-0.4, -0.2) is 41.8 Å². The van der Waals surface area contributed by atoms with Crippen LogP contribution < -0.4 is 0 Å². The van der Waals surface area contributed by atoms with Gasteiger partial charge < -0.3 is 9.84 Å². The molecule has 1 N–H and O–H groups in total. The fourth-order valence-corrected chi connectivity index (χ4v) is 2.75. The van der Waals surface area contributed by atoms with Gasteiger partial charge in [0.2, 0.25) is 0 Å². The summed E-state index contributed by atoms with van der Waals surface area (Å²) in [5.74, 6) is -0.129. The molecule has 0 radical (unpaired) electrons. The van der Waals surface area contributed by atoms with Gasteiger partial charge in [0.25, 0.3) is 0 Å². The van der Waals surface area contributed by atoms with Gasteiger partial charge in [-0.25, -0.2) is 0 Å². The predicted molar refractivity (Wildman–Crippen MR) is 93.1 cm³/mol. The monoisotopic (exact) mass is 321 g/mol. The van der Waals surface area contributed by atoms with E-state index in [2.05, 4.69) is 24.0 Å². The third kappa shape index (κ3) is 8.14. The van der Waals surface area contributed by atoms with E-state index in [0.29, 0.717) is 13.0 Å². The van der Waals surface area contributed by atoms with Crippen LogP contribution in [0.5, 0.6) is 0 Å². The molecule has 4 nitrogen and oxygen atoms in total. The van der Waals surface area contributed by atoms with Crippen LogP contribution in [0.1, 0.15) is 51.5 Å². The molecule has 0 aliphatic rings. The molecular formula is C19H31NO3. The van der Waals surface area contributed by atoms with E-state index in [1.54, 1.807) is 0 Å². The average Bonchev–Trinajstić information content (AvgIpc) is 2.56. The Labute approximate surface area is 140 Å². The topological polar surface area (TPSA) is 49.8 Å². The highest BCUT2D eigenvalue weighted by atomic mass is 16.5. The Hall–Kier alpha value is -1.39. The van der Waals surface area contributed by atoms with Crippen molar-refractivity contribution in [2.24, 2.45) is 0 Å². The molecule has 0 aromatic heterocycles. The summed E-state index contributed by atoms with van der Waals surface area (Å²) in [6.45, 7) is 6.19. The van der Waals surface area contributed by atoms with E-state index in [1.807, 2.05) is 25.1 Å². The van der Waals surface area contributed by atoms with E-state index in [9.17, 15) is 9.90 Å². The summed E-state index contributed by atoms with van der Waals surface area (Å²) < 4.78 is 5.14. The van der Waals surface area contributed by atoms with Crippen molar-refractivity contribution in [1.82, 2.24) is 4.90 Å². The maximum atomic E-state index is 11.9. The van der Waals surface area contributed by atoms with Crippen molar-refractivity contribution in [3.63, 3.8) is 0 Å². The third-order valence-corrected chi connectivity index (χ3v) is 3.95. The van der Waals surface area contributed by atoms with Crippen LogP contribution in [0.15, 0.2) is 30.3 Å². The fraction of sp³-hybridized carbons (Fsp3) is 0.632. The number of aliphatic hydroxyl groups excluding tert-OH is 1. The van der Waals surface area contributed by atoms with E-state index in [-0.39, 0.29) is 18.6 Å². The molecule has 0 saturated heterocycles. The maximum absolute atomic E-state index is 11.9. The summed E-state index contributed by atoms with van der Waals surface area (Å²) in [6.07, 6.45) is 4.32. The first-order chi connectivity index (χ1) is 11.2. The zero-order chi connectivity index (χ0) is 16.9. The SMILES string of the molecule is CCCCC(CC(=O)OCC)N(CCCO)Cc1ccccc1. The molecule has 0 bridgehead atoms. The number of aliphatic hydroxyl groups is 1. The molecule has 1 atom stereocenters. The van der Waals surface area contributed by atoms with E-state index < -0.39 is 0 Å². The van der Waals surface area contributed by atoms with Gasteiger partial charge in [-0.1, -0.05) is 50.1 Å². The Bertz CT molecular complexity index is 422. The van der Waals surface area contributed by atoms with Crippen molar-refractivity contribution >= 4 is 5.97 Å². The lowest BCUT2D eigenvalue weighted by molar-refractivity contribution is -0.144. The number of hydrogen-bond acceptors (Lipinski definition) is 4. The summed E-state index contributed by atoms with van der Waals surface area (Å²) in [5.41, 5.74) is 1.23. The van der Waals surface area contributed by atoms with Crippen molar-refractivity contribution in [3.05, 3.63) is 35.9 Å². The van der Waals surface area contributed by atoms with Gasteiger partial charge in [0.15, 0.2) is 0 Å².